The Balaban J connectivity index is 2.22. The number of methoxy groups -OCH3 is 1. The van der Waals surface area contributed by atoms with Crippen LogP contribution in [0.1, 0.15) is 29.6 Å². The first kappa shape index (κ1) is 11.8. The van der Waals surface area contributed by atoms with E-state index in [9.17, 15) is 4.79 Å². The Hall–Kier alpha value is -1.71. The van der Waals surface area contributed by atoms with Gasteiger partial charge in [0.1, 0.15) is 5.75 Å². The third-order valence-electron chi connectivity index (χ3n) is 3.43. The summed E-state index contributed by atoms with van der Waals surface area (Å²) in [5, 5.41) is 0. The number of carbonyl (C=O) groups excluding carboxylic acids is 1. The molecule has 1 aromatic rings. The highest BCUT2D eigenvalue weighted by Gasteiger charge is 2.27. The maximum atomic E-state index is 12.3. The Morgan fingerprint density at radius 3 is 2.71 bits per heavy atom. The maximum Gasteiger partial charge on any atom is 0.256 e. The van der Waals surface area contributed by atoms with Crippen molar-refractivity contribution in [1.29, 1.82) is 0 Å². The number of carbonyl (C=O) groups is 1. The number of hydrogen-bond acceptors (Lipinski definition) is 3. The van der Waals surface area contributed by atoms with Gasteiger partial charge < -0.3 is 15.4 Å². The molecule has 0 aromatic heterocycles. The summed E-state index contributed by atoms with van der Waals surface area (Å²) in [7, 11) is 3.42. The van der Waals surface area contributed by atoms with Crippen molar-refractivity contribution in [3.63, 3.8) is 0 Å². The predicted molar refractivity (Wildman–Crippen MR) is 67.1 cm³/mol. The third-order valence-corrected chi connectivity index (χ3v) is 3.43. The zero-order valence-corrected chi connectivity index (χ0v) is 10.3. The van der Waals surface area contributed by atoms with Gasteiger partial charge in [-0.15, -0.1) is 0 Å². The first-order valence-electron chi connectivity index (χ1n) is 5.84. The van der Waals surface area contributed by atoms with Crippen molar-refractivity contribution in [3.05, 3.63) is 23.8 Å². The molecule has 1 aliphatic carbocycles. The van der Waals surface area contributed by atoms with E-state index in [0.717, 1.165) is 12.8 Å². The molecule has 0 aliphatic heterocycles. The van der Waals surface area contributed by atoms with Crippen LogP contribution in [0.15, 0.2) is 18.2 Å². The number of nitrogen functional groups attached to an aromatic ring is 1. The molecule has 1 amide bonds. The van der Waals surface area contributed by atoms with Crippen molar-refractivity contribution in [2.24, 2.45) is 0 Å². The number of hydrogen-bond donors (Lipinski definition) is 1. The molecule has 4 nitrogen and oxygen atoms in total. The zero-order chi connectivity index (χ0) is 12.4. The monoisotopic (exact) mass is 234 g/mol. The van der Waals surface area contributed by atoms with E-state index in [1.165, 1.54) is 6.42 Å². The third kappa shape index (κ3) is 2.20. The van der Waals surface area contributed by atoms with E-state index in [1.54, 1.807) is 30.2 Å². The average molecular weight is 234 g/mol. The van der Waals surface area contributed by atoms with Crippen molar-refractivity contribution < 1.29 is 9.53 Å². The lowest BCUT2D eigenvalue weighted by atomic mass is 9.91. The number of amides is 1. The van der Waals surface area contributed by atoms with E-state index < -0.39 is 0 Å². The van der Waals surface area contributed by atoms with Gasteiger partial charge in [0, 0.05) is 18.8 Å². The van der Waals surface area contributed by atoms with E-state index in [4.69, 9.17) is 10.5 Å². The van der Waals surface area contributed by atoms with Gasteiger partial charge in [0.25, 0.3) is 5.91 Å². The summed E-state index contributed by atoms with van der Waals surface area (Å²) in [5.74, 6) is 0.635. The van der Waals surface area contributed by atoms with Crippen LogP contribution in [0.4, 0.5) is 5.69 Å². The second kappa shape index (κ2) is 4.65. The standard InChI is InChI=1S/C13H18N2O2/c1-15(9-4-3-5-9)13(16)11-8-10(17-2)6-7-12(11)14/h6-9H,3-5,14H2,1-2H3. The van der Waals surface area contributed by atoms with Crippen LogP contribution >= 0.6 is 0 Å². The van der Waals surface area contributed by atoms with Crippen LogP contribution in [-0.4, -0.2) is 31.0 Å². The van der Waals surface area contributed by atoms with Gasteiger partial charge in [-0.2, -0.15) is 0 Å². The van der Waals surface area contributed by atoms with E-state index in [1.807, 2.05) is 7.05 Å². The molecule has 92 valence electrons. The van der Waals surface area contributed by atoms with Gasteiger partial charge in [0.05, 0.1) is 12.7 Å². The summed E-state index contributed by atoms with van der Waals surface area (Å²) in [6.07, 6.45) is 3.38. The highest BCUT2D eigenvalue weighted by atomic mass is 16.5. The molecular weight excluding hydrogens is 216 g/mol. The molecule has 1 fully saturated rings. The molecular formula is C13H18N2O2. The van der Waals surface area contributed by atoms with E-state index in [-0.39, 0.29) is 5.91 Å². The number of rotatable bonds is 3. The van der Waals surface area contributed by atoms with Crippen molar-refractivity contribution in [3.8, 4) is 5.75 Å². The van der Waals surface area contributed by atoms with Crippen LogP contribution in [0.25, 0.3) is 0 Å². The smallest absolute Gasteiger partial charge is 0.256 e. The van der Waals surface area contributed by atoms with Crippen LogP contribution < -0.4 is 10.5 Å². The minimum Gasteiger partial charge on any atom is -0.497 e. The Morgan fingerprint density at radius 1 is 1.47 bits per heavy atom. The molecule has 0 atom stereocenters. The van der Waals surface area contributed by atoms with Gasteiger partial charge in [-0.1, -0.05) is 0 Å². The Kier molecular flexibility index (Phi) is 3.22. The van der Waals surface area contributed by atoms with Gasteiger partial charge >= 0.3 is 0 Å². The summed E-state index contributed by atoms with van der Waals surface area (Å²) in [6, 6.07) is 5.54. The van der Waals surface area contributed by atoms with Crippen molar-refractivity contribution in [1.82, 2.24) is 4.90 Å². The van der Waals surface area contributed by atoms with Crippen molar-refractivity contribution in [2.45, 2.75) is 25.3 Å². The van der Waals surface area contributed by atoms with Crippen LogP contribution in [0.3, 0.4) is 0 Å². The van der Waals surface area contributed by atoms with Gasteiger partial charge in [-0.05, 0) is 37.5 Å². The van der Waals surface area contributed by atoms with Crippen molar-refractivity contribution in [2.75, 3.05) is 19.9 Å². The molecule has 17 heavy (non-hydrogen) atoms. The second-order valence-electron chi connectivity index (χ2n) is 4.45. The highest BCUT2D eigenvalue weighted by molar-refractivity contribution is 5.99. The largest absolute Gasteiger partial charge is 0.497 e. The summed E-state index contributed by atoms with van der Waals surface area (Å²) in [6.45, 7) is 0. The van der Waals surface area contributed by atoms with E-state index in [2.05, 4.69) is 0 Å². The first-order valence-corrected chi connectivity index (χ1v) is 5.84. The molecule has 2 rings (SSSR count). The molecule has 0 radical (unpaired) electrons. The molecule has 0 spiro atoms. The van der Waals surface area contributed by atoms with Gasteiger partial charge in [0.2, 0.25) is 0 Å². The molecule has 0 heterocycles. The van der Waals surface area contributed by atoms with Crippen LogP contribution in [-0.2, 0) is 0 Å². The Labute approximate surface area is 101 Å². The normalized spacial score (nSPS) is 15.2. The number of ether oxygens (including phenoxy) is 1. The minimum atomic E-state index is -0.0221. The number of nitrogens with two attached hydrogens (primary N) is 1. The van der Waals surface area contributed by atoms with Crippen LogP contribution in [0.2, 0.25) is 0 Å². The van der Waals surface area contributed by atoms with Gasteiger partial charge in [-0.25, -0.2) is 0 Å². The van der Waals surface area contributed by atoms with E-state index >= 15 is 0 Å². The maximum absolute atomic E-state index is 12.3. The summed E-state index contributed by atoms with van der Waals surface area (Å²) >= 11 is 0. The van der Waals surface area contributed by atoms with Crippen LogP contribution in [0, 0.1) is 0 Å². The molecule has 1 aliphatic rings. The zero-order valence-electron chi connectivity index (χ0n) is 10.3. The number of benzene rings is 1. The topological polar surface area (TPSA) is 55.6 Å². The summed E-state index contributed by atoms with van der Waals surface area (Å²) in [4.78, 5) is 14.0. The SMILES string of the molecule is COc1ccc(N)c(C(=O)N(C)C2CCC2)c1. The van der Waals surface area contributed by atoms with E-state index in [0.29, 0.717) is 23.0 Å². The Morgan fingerprint density at radius 2 is 2.18 bits per heavy atom. The predicted octanol–water partition coefficient (Wildman–Crippen LogP) is 1.90. The fourth-order valence-electron chi connectivity index (χ4n) is 1.98. The highest BCUT2D eigenvalue weighted by Crippen LogP contribution is 2.27. The number of anilines is 1. The van der Waals surface area contributed by atoms with Gasteiger partial charge in [-0.3, -0.25) is 4.79 Å². The van der Waals surface area contributed by atoms with Crippen LogP contribution in [0.5, 0.6) is 5.75 Å². The van der Waals surface area contributed by atoms with Crippen molar-refractivity contribution >= 4 is 11.6 Å². The second-order valence-corrected chi connectivity index (χ2v) is 4.45. The fraction of sp³-hybridized carbons (Fsp3) is 0.462. The lowest BCUT2D eigenvalue weighted by molar-refractivity contribution is 0.0653. The summed E-state index contributed by atoms with van der Waals surface area (Å²) < 4.78 is 5.11. The first-order chi connectivity index (χ1) is 8.13. The fourth-order valence-corrected chi connectivity index (χ4v) is 1.98. The minimum absolute atomic E-state index is 0.0221. The lowest BCUT2D eigenvalue weighted by Gasteiger charge is -2.35. The molecule has 0 unspecified atom stereocenters. The lowest BCUT2D eigenvalue weighted by Crippen LogP contribution is -2.41. The average Bonchev–Trinajstić information content (AvgIpc) is 2.26. The molecule has 1 saturated carbocycles. The molecule has 2 N–H and O–H groups in total. The molecule has 1 aromatic carbocycles. The molecule has 0 bridgehead atoms. The number of nitrogens with zero attached hydrogens (tertiary/aromatic N) is 1. The molecule has 4 heteroatoms. The Bertz CT molecular complexity index is 427. The quantitative estimate of drug-likeness (QED) is 0.813. The molecule has 0 saturated heterocycles. The van der Waals surface area contributed by atoms with Gasteiger partial charge in [0.15, 0.2) is 0 Å². The summed E-state index contributed by atoms with van der Waals surface area (Å²) in [5.41, 5.74) is 6.87.